The molecule has 0 unspecified atom stereocenters. The molecular weight excluding hydrogens is 372 g/mol. The Bertz CT molecular complexity index is 1050. The number of aryl methyl sites for hydroxylation is 2. The van der Waals surface area contributed by atoms with Crippen molar-refractivity contribution in [1.82, 2.24) is 24.9 Å². The number of carbonyl (C=O) groups is 1. The largest absolute Gasteiger partial charge is 0.497 e. The number of hydrogen-bond acceptors (Lipinski definition) is 7. The predicted octanol–water partition coefficient (Wildman–Crippen LogP) is 2.15. The lowest BCUT2D eigenvalue weighted by Gasteiger charge is -2.18. The molecule has 0 saturated heterocycles. The summed E-state index contributed by atoms with van der Waals surface area (Å²) in [5, 5.41) is 7.18. The van der Waals surface area contributed by atoms with E-state index < -0.39 is 0 Å². The van der Waals surface area contributed by atoms with E-state index >= 15 is 0 Å². The monoisotopic (exact) mass is 398 g/mol. The van der Waals surface area contributed by atoms with E-state index in [0.717, 1.165) is 22.5 Å². The van der Waals surface area contributed by atoms with Crippen LogP contribution in [-0.2, 0) is 11.2 Å². The number of hydrogen-bond donors (Lipinski definition) is 2. The van der Waals surface area contributed by atoms with E-state index in [-0.39, 0.29) is 17.9 Å². The normalized spacial score (nSPS) is 12.0. The summed E-state index contributed by atoms with van der Waals surface area (Å²) >= 11 is 0. The average Bonchev–Trinajstić information content (AvgIpc) is 3.07. The number of benzene rings is 1. The molecule has 0 aliphatic rings. The maximum Gasteiger partial charge on any atom is 0.254 e. The zero-order chi connectivity index (χ0) is 21.1. The van der Waals surface area contributed by atoms with E-state index in [2.05, 4.69) is 20.4 Å². The van der Waals surface area contributed by atoms with Crippen molar-refractivity contribution in [3.05, 3.63) is 40.7 Å². The zero-order valence-electron chi connectivity index (χ0n) is 17.3. The van der Waals surface area contributed by atoms with Crippen LogP contribution in [0.1, 0.15) is 41.9 Å². The summed E-state index contributed by atoms with van der Waals surface area (Å²) in [7, 11) is 3.21. The highest BCUT2D eigenvalue weighted by atomic mass is 16.5. The van der Waals surface area contributed by atoms with Crippen LogP contribution in [0.4, 0.5) is 5.95 Å². The van der Waals surface area contributed by atoms with Gasteiger partial charge in [0.05, 0.1) is 20.3 Å². The van der Waals surface area contributed by atoms with Gasteiger partial charge in [-0.15, -0.1) is 5.10 Å². The van der Waals surface area contributed by atoms with Crippen LogP contribution in [0.25, 0.3) is 5.78 Å². The van der Waals surface area contributed by atoms with Crippen LogP contribution in [-0.4, -0.2) is 39.7 Å². The quantitative estimate of drug-likeness (QED) is 0.626. The number of methoxy groups -OCH3 is 2. The molecule has 0 saturated carbocycles. The molecule has 0 fully saturated rings. The Morgan fingerprint density at radius 2 is 2.00 bits per heavy atom. The van der Waals surface area contributed by atoms with E-state index in [1.165, 1.54) is 0 Å². The van der Waals surface area contributed by atoms with Gasteiger partial charge in [-0.05, 0) is 51.0 Å². The van der Waals surface area contributed by atoms with Crippen molar-refractivity contribution in [3.63, 3.8) is 0 Å². The fourth-order valence-electron chi connectivity index (χ4n) is 3.39. The molecular formula is C20H26N6O3. The van der Waals surface area contributed by atoms with Crippen molar-refractivity contribution in [2.45, 2.75) is 39.7 Å². The minimum atomic E-state index is -0.231. The average molecular weight is 398 g/mol. The lowest BCUT2D eigenvalue weighted by Crippen LogP contribution is -2.27. The van der Waals surface area contributed by atoms with Crippen molar-refractivity contribution in [3.8, 4) is 11.5 Å². The number of carbonyl (C=O) groups excluding carboxylic acids is 1. The van der Waals surface area contributed by atoms with Gasteiger partial charge in [-0.2, -0.15) is 9.50 Å². The minimum Gasteiger partial charge on any atom is -0.497 e. The van der Waals surface area contributed by atoms with Crippen molar-refractivity contribution in [2.24, 2.45) is 0 Å². The highest BCUT2D eigenvalue weighted by molar-refractivity contribution is 5.77. The van der Waals surface area contributed by atoms with Crippen LogP contribution >= 0.6 is 0 Å². The predicted molar refractivity (Wildman–Crippen MR) is 109 cm³/mol. The van der Waals surface area contributed by atoms with Crippen LogP contribution in [0.5, 0.6) is 11.5 Å². The summed E-state index contributed by atoms with van der Waals surface area (Å²) in [5.74, 6) is 1.98. The van der Waals surface area contributed by atoms with Gasteiger partial charge >= 0.3 is 0 Å². The zero-order valence-corrected chi connectivity index (χ0v) is 17.3. The maximum absolute atomic E-state index is 12.6. The molecule has 9 heteroatoms. The molecule has 29 heavy (non-hydrogen) atoms. The Labute approximate surface area is 169 Å². The first-order valence-electron chi connectivity index (χ1n) is 9.33. The van der Waals surface area contributed by atoms with Gasteiger partial charge in [0.25, 0.3) is 5.78 Å². The van der Waals surface area contributed by atoms with Gasteiger partial charge in [0, 0.05) is 23.4 Å². The second kappa shape index (κ2) is 8.34. The second-order valence-corrected chi connectivity index (χ2v) is 6.84. The Balaban J connectivity index is 1.71. The topological polar surface area (TPSA) is 117 Å². The van der Waals surface area contributed by atoms with Gasteiger partial charge in [-0.3, -0.25) is 4.79 Å². The molecule has 0 bridgehead atoms. The number of ether oxygens (including phenoxy) is 2. The van der Waals surface area contributed by atoms with E-state index in [1.807, 2.05) is 39.0 Å². The molecule has 3 aromatic rings. The number of amides is 1. The second-order valence-electron chi connectivity index (χ2n) is 6.84. The van der Waals surface area contributed by atoms with Crippen LogP contribution < -0.4 is 20.5 Å². The van der Waals surface area contributed by atoms with E-state index in [9.17, 15) is 4.79 Å². The SMILES string of the molecule is COc1ccc(OC)c([C@@H](C)NC(=O)CCc2c(C)nc3nc(N)nn3c2C)c1. The van der Waals surface area contributed by atoms with Crippen LogP contribution in [0, 0.1) is 13.8 Å². The van der Waals surface area contributed by atoms with Gasteiger partial charge in [0.1, 0.15) is 11.5 Å². The summed E-state index contributed by atoms with van der Waals surface area (Å²) < 4.78 is 12.3. The fraction of sp³-hybridized carbons (Fsp3) is 0.400. The molecule has 0 aliphatic heterocycles. The van der Waals surface area contributed by atoms with Gasteiger partial charge in [0.15, 0.2) is 0 Å². The fourth-order valence-corrected chi connectivity index (χ4v) is 3.39. The Kier molecular flexibility index (Phi) is 5.86. The highest BCUT2D eigenvalue weighted by Gasteiger charge is 2.17. The number of nitrogens with one attached hydrogen (secondary N) is 1. The molecule has 9 nitrogen and oxygen atoms in total. The Morgan fingerprint density at radius 3 is 2.69 bits per heavy atom. The van der Waals surface area contributed by atoms with Gasteiger partial charge < -0.3 is 20.5 Å². The van der Waals surface area contributed by atoms with Crippen LogP contribution in [0.2, 0.25) is 0 Å². The lowest BCUT2D eigenvalue weighted by molar-refractivity contribution is -0.121. The standard InChI is InChI=1S/C20H26N6O3/c1-11-15(13(3)26-20(23-11)24-19(21)25-26)7-9-18(27)22-12(2)16-10-14(28-4)6-8-17(16)29-5/h6,8,10,12H,7,9H2,1-5H3,(H2,21,25)(H,22,27)/t12-/m1/s1. The van der Waals surface area contributed by atoms with Crippen molar-refractivity contribution >= 4 is 17.6 Å². The molecule has 1 aromatic carbocycles. The summed E-state index contributed by atoms with van der Waals surface area (Å²) in [6, 6.07) is 5.28. The number of nitrogens with zero attached hydrogens (tertiary/aromatic N) is 4. The van der Waals surface area contributed by atoms with E-state index in [1.54, 1.807) is 18.7 Å². The van der Waals surface area contributed by atoms with Crippen molar-refractivity contribution < 1.29 is 14.3 Å². The molecule has 3 N–H and O–H groups in total. The smallest absolute Gasteiger partial charge is 0.254 e. The maximum atomic E-state index is 12.6. The van der Waals surface area contributed by atoms with E-state index in [4.69, 9.17) is 15.2 Å². The number of nitrogens with two attached hydrogens (primary N) is 1. The van der Waals surface area contributed by atoms with Gasteiger partial charge in [0.2, 0.25) is 11.9 Å². The Hall–Kier alpha value is -3.36. The molecule has 1 amide bonds. The minimum absolute atomic E-state index is 0.0700. The summed E-state index contributed by atoms with van der Waals surface area (Å²) in [6.07, 6.45) is 0.851. The molecule has 3 rings (SSSR count). The Morgan fingerprint density at radius 1 is 1.24 bits per heavy atom. The van der Waals surface area contributed by atoms with Gasteiger partial charge in [-0.1, -0.05) is 0 Å². The number of rotatable bonds is 7. The van der Waals surface area contributed by atoms with Crippen molar-refractivity contribution in [2.75, 3.05) is 20.0 Å². The van der Waals surface area contributed by atoms with Crippen LogP contribution in [0.15, 0.2) is 18.2 Å². The number of aromatic nitrogens is 4. The number of anilines is 1. The summed E-state index contributed by atoms with van der Waals surface area (Å²) in [5.41, 5.74) is 9.19. The third kappa shape index (κ3) is 4.23. The molecule has 0 spiro atoms. The van der Waals surface area contributed by atoms with Crippen LogP contribution in [0.3, 0.4) is 0 Å². The first kappa shape index (κ1) is 20.4. The molecule has 2 heterocycles. The van der Waals surface area contributed by atoms with Crippen molar-refractivity contribution in [1.29, 1.82) is 0 Å². The molecule has 1 atom stereocenters. The first-order chi connectivity index (χ1) is 13.8. The van der Waals surface area contributed by atoms with Gasteiger partial charge in [-0.25, -0.2) is 4.98 Å². The number of fused-ring (bicyclic) bond motifs is 1. The highest BCUT2D eigenvalue weighted by Crippen LogP contribution is 2.29. The molecule has 0 radical (unpaired) electrons. The lowest BCUT2D eigenvalue weighted by atomic mass is 10.0. The first-order valence-corrected chi connectivity index (χ1v) is 9.33. The van der Waals surface area contributed by atoms with E-state index in [0.29, 0.717) is 30.1 Å². The summed E-state index contributed by atoms with van der Waals surface area (Å²) in [6.45, 7) is 5.74. The summed E-state index contributed by atoms with van der Waals surface area (Å²) in [4.78, 5) is 21.1. The third-order valence-electron chi connectivity index (χ3n) is 4.95. The molecule has 0 aliphatic carbocycles. The number of nitrogen functional groups attached to an aromatic ring is 1. The molecule has 2 aromatic heterocycles. The molecule has 154 valence electrons. The third-order valence-corrected chi connectivity index (χ3v) is 4.95.